The zero-order chi connectivity index (χ0) is 25.5. The molecule has 1 unspecified atom stereocenters. The van der Waals surface area contributed by atoms with Gasteiger partial charge in [-0.2, -0.15) is 5.10 Å². The van der Waals surface area contributed by atoms with Gasteiger partial charge in [0.25, 0.3) is 0 Å². The topological polar surface area (TPSA) is 93.5 Å². The van der Waals surface area contributed by atoms with Gasteiger partial charge in [-0.3, -0.25) is 24.4 Å². The normalized spacial score (nSPS) is 30.6. The molecule has 2 saturated heterocycles. The number of piperidine rings is 2. The van der Waals surface area contributed by atoms with E-state index in [-0.39, 0.29) is 28.7 Å². The van der Waals surface area contributed by atoms with E-state index in [1.54, 1.807) is 4.68 Å². The van der Waals surface area contributed by atoms with Crippen molar-refractivity contribution in [3.63, 3.8) is 0 Å². The molecule has 1 aromatic carbocycles. The highest BCUT2D eigenvalue weighted by molar-refractivity contribution is 6.03. The molecule has 3 aliphatic carbocycles. The number of aryl methyl sites for hydroxylation is 1. The first-order valence-corrected chi connectivity index (χ1v) is 13.3. The highest BCUT2D eigenvalue weighted by Crippen LogP contribution is 2.79. The number of benzene rings is 1. The van der Waals surface area contributed by atoms with E-state index < -0.39 is 5.92 Å². The van der Waals surface area contributed by atoms with Crippen LogP contribution in [0.2, 0.25) is 0 Å². The van der Waals surface area contributed by atoms with Gasteiger partial charge in [0.05, 0.1) is 17.0 Å². The fraction of sp³-hybridized carbons (Fsp3) is 0.643. The van der Waals surface area contributed by atoms with Gasteiger partial charge in [-0.15, -0.1) is 0 Å². The van der Waals surface area contributed by atoms with E-state index >= 15 is 0 Å². The Morgan fingerprint density at radius 3 is 2.44 bits per heavy atom. The molecule has 3 amide bonds. The summed E-state index contributed by atoms with van der Waals surface area (Å²) in [5.41, 5.74) is 2.11. The first-order chi connectivity index (χ1) is 17.0. The maximum absolute atomic E-state index is 13.3. The van der Waals surface area contributed by atoms with E-state index in [9.17, 15) is 14.4 Å². The number of hydrogen-bond donors (Lipinski definition) is 1. The van der Waals surface area contributed by atoms with Crippen molar-refractivity contribution in [3.8, 4) is 5.75 Å². The summed E-state index contributed by atoms with van der Waals surface area (Å²) in [4.78, 5) is 39.4. The maximum atomic E-state index is 13.3. The minimum Gasteiger partial charge on any atom is -0.488 e. The Labute approximate surface area is 211 Å². The van der Waals surface area contributed by atoms with Gasteiger partial charge in [0.1, 0.15) is 17.4 Å². The number of imide groups is 1. The largest absolute Gasteiger partial charge is 0.488 e. The molecule has 1 aromatic heterocycles. The van der Waals surface area contributed by atoms with Gasteiger partial charge in [0, 0.05) is 44.8 Å². The first kappa shape index (κ1) is 23.5. The Bertz CT molecular complexity index is 1240. The molecule has 2 bridgehead atoms. The van der Waals surface area contributed by atoms with E-state index in [1.807, 2.05) is 25.2 Å². The van der Waals surface area contributed by atoms with Gasteiger partial charge in [0.2, 0.25) is 17.7 Å². The molecule has 1 atom stereocenters. The molecule has 36 heavy (non-hydrogen) atoms. The van der Waals surface area contributed by atoms with Crippen molar-refractivity contribution in [1.29, 1.82) is 0 Å². The van der Waals surface area contributed by atoms with Crippen LogP contribution in [0.15, 0.2) is 18.2 Å². The molecule has 2 aromatic rings. The van der Waals surface area contributed by atoms with Crippen LogP contribution < -0.4 is 10.1 Å². The highest BCUT2D eigenvalue weighted by Gasteiger charge is 2.75. The SMILES string of the molecule is Cn1nc(C2CCC(=O)NC2=O)c2cccc(OC3CCN(C(=O)C45CC(C(C)(C)C)(C4)C5)CC3)c21. The van der Waals surface area contributed by atoms with E-state index in [0.29, 0.717) is 29.9 Å². The number of nitrogens with one attached hydrogen (secondary N) is 1. The summed E-state index contributed by atoms with van der Waals surface area (Å²) in [6.45, 7) is 8.38. The van der Waals surface area contributed by atoms with Crippen molar-refractivity contribution in [2.45, 2.75) is 77.7 Å². The summed E-state index contributed by atoms with van der Waals surface area (Å²) >= 11 is 0. The molecule has 8 heteroatoms. The third-order valence-electron chi connectivity index (χ3n) is 9.52. The summed E-state index contributed by atoms with van der Waals surface area (Å²) in [5, 5.41) is 7.98. The summed E-state index contributed by atoms with van der Waals surface area (Å²) in [5.74, 6) is 0.150. The number of ether oxygens (including phenoxy) is 1. The average molecular weight is 493 g/mol. The van der Waals surface area contributed by atoms with Gasteiger partial charge in [-0.05, 0) is 42.6 Å². The van der Waals surface area contributed by atoms with Gasteiger partial charge < -0.3 is 9.64 Å². The molecular weight excluding hydrogens is 456 g/mol. The predicted octanol–water partition coefficient (Wildman–Crippen LogP) is 3.68. The van der Waals surface area contributed by atoms with Crippen LogP contribution in [0.3, 0.4) is 0 Å². The lowest BCUT2D eigenvalue weighted by atomic mass is 9.29. The second kappa shape index (κ2) is 7.80. The van der Waals surface area contributed by atoms with Gasteiger partial charge in [-0.1, -0.05) is 32.9 Å². The molecule has 0 radical (unpaired) electrons. The fourth-order valence-corrected chi connectivity index (χ4v) is 7.14. The zero-order valence-corrected chi connectivity index (χ0v) is 21.7. The van der Waals surface area contributed by atoms with Crippen LogP contribution in [0, 0.1) is 16.2 Å². The monoisotopic (exact) mass is 492 g/mol. The molecule has 192 valence electrons. The number of fused-ring (bicyclic) bond motifs is 1. The van der Waals surface area contributed by atoms with E-state index in [0.717, 1.165) is 61.8 Å². The van der Waals surface area contributed by atoms with Crippen LogP contribution in [0.1, 0.15) is 77.3 Å². The third kappa shape index (κ3) is 3.40. The molecule has 8 nitrogen and oxygen atoms in total. The number of amides is 3. The number of carbonyl (C=O) groups excluding carboxylic acids is 3. The summed E-state index contributed by atoms with van der Waals surface area (Å²) < 4.78 is 8.24. The van der Waals surface area contributed by atoms with Crippen molar-refractivity contribution in [3.05, 3.63) is 23.9 Å². The number of rotatable bonds is 4. The zero-order valence-electron chi connectivity index (χ0n) is 21.7. The summed E-state index contributed by atoms with van der Waals surface area (Å²) in [7, 11) is 1.86. The van der Waals surface area contributed by atoms with Crippen LogP contribution in [0.4, 0.5) is 0 Å². The Hall–Kier alpha value is -2.90. The highest BCUT2D eigenvalue weighted by atomic mass is 16.5. The standard InChI is InChI=1S/C28H36N4O4/c1-26(2,3)28-14-27(15-28,16-28)25(35)32-12-10-17(11-13-32)36-20-7-5-6-18-22(30-31(4)23(18)20)19-8-9-21(33)29-24(19)34/h5-7,17,19H,8-16H2,1-4H3,(H,29,33,34). The summed E-state index contributed by atoms with van der Waals surface area (Å²) in [6, 6.07) is 5.84. The lowest BCUT2D eigenvalue weighted by Crippen LogP contribution is -2.72. The molecule has 7 rings (SSSR count). The lowest BCUT2D eigenvalue weighted by molar-refractivity contribution is -0.255. The van der Waals surface area contributed by atoms with Crippen LogP contribution in [0.25, 0.3) is 10.9 Å². The minimum absolute atomic E-state index is 0.0301. The van der Waals surface area contributed by atoms with Crippen molar-refractivity contribution < 1.29 is 19.1 Å². The second-order valence-electron chi connectivity index (χ2n) is 12.6. The molecule has 5 fully saturated rings. The number of likely N-dealkylation sites (tertiary alicyclic amines) is 1. The van der Waals surface area contributed by atoms with E-state index in [4.69, 9.17) is 4.74 Å². The van der Waals surface area contributed by atoms with Crippen LogP contribution in [0.5, 0.6) is 5.75 Å². The molecule has 5 aliphatic rings. The second-order valence-corrected chi connectivity index (χ2v) is 12.6. The van der Waals surface area contributed by atoms with Gasteiger partial charge >= 0.3 is 0 Å². The van der Waals surface area contributed by atoms with Crippen LogP contribution in [-0.4, -0.2) is 51.6 Å². The third-order valence-corrected chi connectivity index (χ3v) is 9.52. The maximum Gasteiger partial charge on any atom is 0.235 e. The molecule has 3 heterocycles. The average Bonchev–Trinajstić information content (AvgIpc) is 3.08. The number of aromatic nitrogens is 2. The summed E-state index contributed by atoms with van der Waals surface area (Å²) in [6.07, 6.45) is 5.58. The van der Waals surface area contributed by atoms with E-state index in [1.165, 1.54) is 0 Å². The van der Waals surface area contributed by atoms with E-state index in [2.05, 4.69) is 36.1 Å². The molecular formula is C28H36N4O4. The van der Waals surface area contributed by atoms with Crippen molar-refractivity contribution in [2.75, 3.05) is 13.1 Å². The predicted molar refractivity (Wildman–Crippen MR) is 134 cm³/mol. The van der Waals surface area contributed by atoms with Crippen molar-refractivity contribution in [2.24, 2.45) is 23.3 Å². The number of carbonyl (C=O) groups is 3. The molecule has 3 saturated carbocycles. The number of nitrogens with zero attached hydrogens (tertiary/aromatic N) is 3. The molecule has 0 spiro atoms. The van der Waals surface area contributed by atoms with Crippen molar-refractivity contribution >= 4 is 28.6 Å². The quantitative estimate of drug-likeness (QED) is 0.657. The number of hydrogen-bond acceptors (Lipinski definition) is 5. The van der Waals surface area contributed by atoms with Crippen LogP contribution >= 0.6 is 0 Å². The van der Waals surface area contributed by atoms with Crippen molar-refractivity contribution in [1.82, 2.24) is 20.0 Å². The first-order valence-electron chi connectivity index (χ1n) is 13.3. The molecule has 2 aliphatic heterocycles. The fourth-order valence-electron chi connectivity index (χ4n) is 7.14. The Kier molecular flexibility index (Phi) is 5.09. The smallest absolute Gasteiger partial charge is 0.235 e. The lowest BCUT2D eigenvalue weighted by Gasteiger charge is -2.75. The number of para-hydroxylation sites is 1. The van der Waals surface area contributed by atoms with Gasteiger partial charge in [0.15, 0.2) is 0 Å². The van der Waals surface area contributed by atoms with Crippen LogP contribution in [-0.2, 0) is 21.4 Å². The Balaban J connectivity index is 1.12. The minimum atomic E-state index is -0.440. The Morgan fingerprint density at radius 2 is 1.81 bits per heavy atom. The molecule has 1 N–H and O–H groups in total. The van der Waals surface area contributed by atoms with Gasteiger partial charge in [-0.25, -0.2) is 0 Å². The Morgan fingerprint density at radius 1 is 1.11 bits per heavy atom.